The number of rotatable bonds is 8. The van der Waals surface area contributed by atoms with Crippen molar-refractivity contribution in [3.63, 3.8) is 0 Å². The molecule has 0 radical (unpaired) electrons. The molecule has 6 nitrogen and oxygen atoms in total. The van der Waals surface area contributed by atoms with Crippen LogP contribution in [0.15, 0.2) is 474 Å². The lowest BCUT2D eigenvalue weighted by atomic mass is 9.89. The average Bonchev–Trinajstić information content (AvgIpc) is 0.727. The number of pyridine rings is 6. The molecule has 0 aliphatic heterocycles. The Morgan fingerprint density at radius 3 is 0.743 bits per heavy atom. The van der Waals surface area contributed by atoms with Crippen LogP contribution in [0, 0.1) is 0 Å². The smallest absolute Gasteiger partial charge is 0.0800 e. The van der Waals surface area contributed by atoms with E-state index in [9.17, 15) is 0 Å². The van der Waals surface area contributed by atoms with Gasteiger partial charge < -0.3 is 0 Å². The Morgan fingerprint density at radius 2 is 0.368 bits per heavy atom. The highest BCUT2D eigenvalue weighted by molar-refractivity contribution is 6.38. The lowest BCUT2D eigenvalue weighted by Crippen LogP contribution is -1.94. The van der Waals surface area contributed by atoms with E-state index in [1.165, 1.54) is 189 Å². The van der Waals surface area contributed by atoms with Crippen molar-refractivity contribution in [3.8, 4) is 89.4 Å². The summed E-state index contributed by atoms with van der Waals surface area (Å²) in [6.45, 7) is 0. The fraction of sp³-hybridized carbons (Fsp3) is 0. The summed E-state index contributed by atoms with van der Waals surface area (Å²) in [6.07, 6.45) is 11.2. The largest absolute Gasteiger partial charge is 0.264 e. The molecular weight excluding hydrogens is 1650 g/mol. The predicted molar refractivity (Wildman–Crippen MR) is 576 cm³/mol. The number of fused-ring (bicyclic) bond motifs is 30. The van der Waals surface area contributed by atoms with Gasteiger partial charge in [0.15, 0.2) is 0 Å². The van der Waals surface area contributed by atoms with Crippen LogP contribution in [-0.2, 0) is 0 Å². The van der Waals surface area contributed by atoms with Gasteiger partial charge in [-0.2, -0.15) is 0 Å². The van der Waals surface area contributed by atoms with Crippen LogP contribution < -0.4 is 0 Å². The molecule has 628 valence electrons. The van der Waals surface area contributed by atoms with Crippen LogP contribution >= 0.6 is 0 Å². The highest BCUT2D eigenvalue weighted by Gasteiger charge is 2.25. The van der Waals surface area contributed by atoms with Crippen LogP contribution in [0.4, 0.5) is 0 Å². The maximum atomic E-state index is 5.65. The van der Waals surface area contributed by atoms with E-state index in [0.717, 1.165) is 94.8 Å². The van der Waals surface area contributed by atoms with Crippen LogP contribution in [-0.4, -0.2) is 29.9 Å². The zero-order valence-corrected chi connectivity index (χ0v) is 73.7. The van der Waals surface area contributed by atoms with Crippen LogP contribution in [0.25, 0.3) is 284 Å². The predicted octanol–water partition coefficient (Wildman–Crippen LogP) is 35.0. The summed E-state index contributed by atoms with van der Waals surface area (Å²) >= 11 is 0. The number of hydrogen-bond acceptors (Lipinski definition) is 6. The first-order valence-corrected chi connectivity index (χ1v) is 46.5. The highest BCUT2D eigenvalue weighted by atomic mass is 14.7. The van der Waals surface area contributed by atoms with E-state index in [1.807, 2.05) is 55.4 Å². The van der Waals surface area contributed by atoms with E-state index < -0.39 is 0 Å². The molecule has 0 saturated carbocycles. The minimum absolute atomic E-state index is 0.997. The second-order valence-electron chi connectivity index (χ2n) is 35.7. The molecule has 23 aromatic carbocycles. The lowest BCUT2D eigenvalue weighted by Gasteiger charge is -2.17. The summed E-state index contributed by atoms with van der Waals surface area (Å²) in [6, 6.07) is 158. The fourth-order valence-electron chi connectivity index (χ4n) is 22.0. The van der Waals surface area contributed by atoms with Gasteiger partial charge in [0.25, 0.3) is 0 Å². The first kappa shape index (κ1) is 77.8. The van der Waals surface area contributed by atoms with Gasteiger partial charge in [0.1, 0.15) is 0 Å². The summed E-state index contributed by atoms with van der Waals surface area (Å²) < 4.78 is 0. The molecule has 0 spiro atoms. The van der Waals surface area contributed by atoms with Crippen LogP contribution in [0.1, 0.15) is 0 Å². The number of nitrogens with zero attached hydrogens (tertiary/aromatic N) is 6. The van der Waals surface area contributed by atoms with Crippen molar-refractivity contribution in [3.05, 3.63) is 474 Å². The Bertz CT molecular complexity index is 9860. The molecule has 0 bridgehead atoms. The normalized spacial score (nSPS) is 11.8. The maximum absolute atomic E-state index is 5.65. The second kappa shape index (κ2) is 31.9. The van der Waals surface area contributed by atoms with Gasteiger partial charge in [-0.3, -0.25) is 15.0 Å². The zero-order chi connectivity index (χ0) is 89.4. The molecule has 6 aromatic heterocycles. The summed E-state index contributed by atoms with van der Waals surface area (Å²) in [5, 5.41) is 40.8. The molecule has 29 rings (SSSR count). The van der Waals surface area contributed by atoms with Crippen molar-refractivity contribution in [2.24, 2.45) is 0 Å². The number of hydrogen-bond donors (Lipinski definition) is 0. The SMILES string of the molecule is c1cc(-c2cc3ccc4cccc5ccc(c2)c3c45)cc(-c2nc3c4ccccc4c4ccccc4c3c3ccc4ccccc4c23)c1.c1cncc(-c2cc(-c3ccc(-c4nc5c6ccccc6c6ccccc6c5c5ccc6ccccc6c45)cc3)cc(-c3cccnc3)c2)c1.c1cncc(-c2ccc(-c3nc4c5ccccc5c5ccccc5c4c4ccc5ccccc5c34)cc2)c1. The number of benzene rings is 23. The molecule has 0 aliphatic rings. The Balaban J connectivity index is 0.000000104. The minimum Gasteiger partial charge on any atom is -0.264 e. The molecule has 0 N–H and O–H groups in total. The first-order chi connectivity index (χ1) is 67.5. The topological polar surface area (TPSA) is 77.3 Å². The zero-order valence-electron chi connectivity index (χ0n) is 73.7. The summed E-state index contributed by atoms with van der Waals surface area (Å²) in [4.78, 5) is 29.8. The molecule has 0 atom stereocenters. The van der Waals surface area contributed by atoms with Crippen molar-refractivity contribution in [2.45, 2.75) is 0 Å². The number of aromatic nitrogens is 6. The molecule has 0 fully saturated rings. The summed E-state index contributed by atoms with van der Waals surface area (Å²) in [5.74, 6) is 0. The van der Waals surface area contributed by atoms with Gasteiger partial charge in [0.05, 0.1) is 33.6 Å². The average molecular weight is 1720 g/mol. The Hall–Kier alpha value is -18.1. The molecular formula is C130H78N6. The standard InChI is InChI=1S/C47H29N3.C47H27N.C36H22N2/c1-2-12-38-31(9-1)21-22-43-44(38)46(50-47-42-16-6-4-14-40(42)39-13-3-5-15-41(39)45(43)47)32-19-17-30(18-20-32)35-25-36(33-10-7-23-48-28-33)27-37(26-35)34-11-8-24-49-29-34;1-2-14-36-28(9-1)23-24-41-44(36)46(48-47-40-18-6-4-16-38(40)37-15-3-5-17-39(37)45(41)47)34-13-8-12-31(25-34)35-26-32-21-19-29-10-7-11-30-20-22-33(27-35)43(32)42(29)30;1-2-10-27-24(8-1)19-20-32-33(27)35(25-17-15-23(16-18-25)26-9-7-21-37-22-26)38-36-31-14-6-4-12-29(31)28-11-3-5-13-30(28)34(32)36/h1-29H;1-27H;1-22H. The van der Waals surface area contributed by atoms with Crippen LogP contribution in [0.5, 0.6) is 0 Å². The van der Waals surface area contributed by atoms with Crippen molar-refractivity contribution in [1.82, 2.24) is 29.9 Å². The monoisotopic (exact) mass is 1720 g/mol. The maximum Gasteiger partial charge on any atom is 0.0800 e. The molecule has 29 aromatic rings. The Kier molecular flexibility index (Phi) is 18.2. The van der Waals surface area contributed by atoms with Crippen LogP contribution in [0.2, 0.25) is 0 Å². The van der Waals surface area contributed by atoms with Gasteiger partial charge in [0.2, 0.25) is 0 Å². The lowest BCUT2D eigenvalue weighted by molar-refractivity contribution is 1.32. The summed E-state index contributed by atoms with van der Waals surface area (Å²) in [5.41, 5.74) is 20.8. The molecule has 0 amide bonds. The Morgan fingerprint density at radius 1 is 0.118 bits per heavy atom. The van der Waals surface area contributed by atoms with Gasteiger partial charge in [-0.25, -0.2) is 15.0 Å². The van der Waals surface area contributed by atoms with Gasteiger partial charge in [-0.1, -0.05) is 382 Å². The van der Waals surface area contributed by atoms with Crippen molar-refractivity contribution in [2.75, 3.05) is 0 Å². The molecule has 0 saturated heterocycles. The van der Waals surface area contributed by atoms with Crippen molar-refractivity contribution in [1.29, 1.82) is 0 Å². The van der Waals surface area contributed by atoms with Gasteiger partial charge in [0, 0.05) is 113 Å². The fourth-order valence-corrected chi connectivity index (χ4v) is 22.0. The molecule has 136 heavy (non-hydrogen) atoms. The minimum atomic E-state index is 0.997. The Labute approximate surface area is 782 Å². The summed E-state index contributed by atoms with van der Waals surface area (Å²) in [7, 11) is 0. The van der Waals surface area contributed by atoms with Crippen molar-refractivity contribution < 1.29 is 0 Å². The molecule has 6 heterocycles. The van der Waals surface area contributed by atoms with E-state index in [1.54, 1.807) is 0 Å². The third kappa shape index (κ3) is 12.8. The van der Waals surface area contributed by atoms with E-state index in [0.29, 0.717) is 0 Å². The van der Waals surface area contributed by atoms with E-state index >= 15 is 0 Å². The third-order valence-electron chi connectivity index (χ3n) is 28.2. The quantitative estimate of drug-likeness (QED) is 0.141. The molecule has 0 aliphatic carbocycles. The van der Waals surface area contributed by atoms with E-state index in [4.69, 9.17) is 15.0 Å². The van der Waals surface area contributed by atoms with E-state index in [2.05, 4.69) is 434 Å². The van der Waals surface area contributed by atoms with Gasteiger partial charge in [-0.15, -0.1) is 0 Å². The van der Waals surface area contributed by atoms with E-state index in [-0.39, 0.29) is 0 Å². The highest BCUT2D eigenvalue weighted by Crippen LogP contribution is 2.50. The third-order valence-corrected chi connectivity index (χ3v) is 28.2. The van der Waals surface area contributed by atoms with Crippen molar-refractivity contribution >= 4 is 194 Å². The molecule has 6 heteroatoms. The van der Waals surface area contributed by atoms with Gasteiger partial charge in [-0.05, 0) is 228 Å². The first-order valence-electron chi connectivity index (χ1n) is 46.5. The van der Waals surface area contributed by atoms with Crippen LogP contribution in [0.3, 0.4) is 0 Å². The van der Waals surface area contributed by atoms with Gasteiger partial charge >= 0.3 is 0 Å². The molecule has 0 unspecified atom stereocenters. The second-order valence-corrected chi connectivity index (χ2v) is 35.7.